The van der Waals surface area contributed by atoms with E-state index in [2.05, 4.69) is 15.2 Å². The van der Waals surface area contributed by atoms with Crippen LogP contribution in [0.2, 0.25) is 0 Å². The molecular weight excluding hydrogens is 385 g/mol. The summed E-state index contributed by atoms with van der Waals surface area (Å²) in [5.41, 5.74) is 0. The first kappa shape index (κ1) is 18.9. The Hall–Kier alpha value is -0.120. The van der Waals surface area contributed by atoms with Gasteiger partial charge < -0.3 is 24.4 Å². The van der Waals surface area contributed by atoms with E-state index in [1.165, 1.54) is 0 Å². The van der Waals surface area contributed by atoms with Crippen LogP contribution in [0, 0.1) is 0 Å². The maximum Gasteiger partial charge on any atom is 0.193 e. The third-order valence-electron chi connectivity index (χ3n) is 3.79. The van der Waals surface area contributed by atoms with Crippen LogP contribution in [0.25, 0.3) is 0 Å². The maximum absolute atomic E-state index is 5.86. The van der Waals surface area contributed by atoms with Gasteiger partial charge in [0.05, 0.1) is 12.7 Å². The number of guanidine groups is 1. The molecule has 2 unspecified atom stereocenters. The van der Waals surface area contributed by atoms with Crippen molar-refractivity contribution < 1.29 is 14.2 Å². The molecule has 0 saturated carbocycles. The van der Waals surface area contributed by atoms with Crippen molar-refractivity contribution in [2.45, 2.75) is 31.5 Å². The zero-order valence-corrected chi connectivity index (χ0v) is 15.4. The van der Waals surface area contributed by atoms with Gasteiger partial charge in [-0.2, -0.15) is 0 Å². The summed E-state index contributed by atoms with van der Waals surface area (Å²) in [6, 6.07) is 0. The van der Waals surface area contributed by atoms with Gasteiger partial charge >= 0.3 is 0 Å². The van der Waals surface area contributed by atoms with Gasteiger partial charge in [-0.05, 0) is 19.3 Å². The molecule has 0 aromatic carbocycles. The highest BCUT2D eigenvalue weighted by Crippen LogP contribution is 2.20. The summed E-state index contributed by atoms with van der Waals surface area (Å²) in [6.07, 6.45) is 3.66. The monoisotopic (exact) mass is 413 g/mol. The number of hydrogen-bond donors (Lipinski definition) is 1. The molecule has 0 aromatic heterocycles. The lowest BCUT2D eigenvalue weighted by atomic mass is 10.1. The highest BCUT2D eigenvalue weighted by atomic mass is 127. The largest absolute Gasteiger partial charge is 0.385 e. The molecule has 0 aliphatic carbocycles. The summed E-state index contributed by atoms with van der Waals surface area (Å²) in [7, 11) is 3.55. The number of halogens is 1. The molecule has 0 amide bonds. The zero-order chi connectivity index (χ0) is 14.2. The van der Waals surface area contributed by atoms with Crippen LogP contribution in [0.4, 0.5) is 0 Å². The van der Waals surface area contributed by atoms with Crippen molar-refractivity contribution in [2.24, 2.45) is 4.99 Å². The predicted molar refractivity (Wildman–Crippen MR) is 93.6 cm³/mol. The minimum atomic E-state index is 0. The highest BCUT2D eigenvalue weighted by Gasteiger charge is 2.32. The van der Waals surface area contributed by atoms with E-state index >= 15 is 0 Å². The maximum atomic E-state index is 5.86. The van der Waals surface area contributed by atoms with E-state index in [0.29, 0.717) is 0 Å². The summed E-state index contributed by atoms with van der Waals surface area (Å²) < 4.78 is 16.7. The second kappa shape index (κ2) is 10.6. The Labute approximate surface area is 144 Å². The van der Waals surface area contributed by atoms with Crippen LogP contribution < -0.4 is 5.32 Å². The summed E-state index contributed by atoms with van der Waals surface area (Å²) in [6.45, 7) is 4.99. The lowest BCUT2D eigenvalue weighted by molar-refractivity contribution is -0.0817. The standard InChI is InChI=1S/C14H27N3O3.HI/c1-15-14(16-6-4-8-18-2)17-7-10-20-13(11-17)12-5-3-9-19-12;/h12-13H,3-11H2,1-2H3,(H,15,16);1H. The average Bonchev–Trinajstić information content (AvgIpc) is 3.02. The van der Waals surface area contributed by atoms with E-state index in [1.807, 2.05) is 7.05 Å². The Kier molecular flexibility index (Phi) is 9.54. The molecule has 2 saturated heterocycles. The van der Waals surface area contributed by atoms with Gasteiger partial charge in [0.25, 0.3) is 0 Å². The topological polar surface area (TPSA) is 55.3 Å². The van der Waals surface area contributed by atoms with Crippen LogP contribution >= 0.6 is 24.0 Å². The Balaban J connectivity index is 0.00000220. The van der Waals surface area contributed by atoms with Crippen LogP contribution in [-0.2, 0) is 14.2 Å². The predicted octanol–water partition coefficient (Wildman–Crippen LogP) is 1.10. The molecule has 2 aliphatic heterocycles. The molecule has 1 N–H and O–H groups in total. The van der Waals surface area contributed by atoms with Crippen molar-refractivity contribution in [1.82, 2.24) is 10.2 Å². The molecule has 6 nitrogen and oxygen atoms in total. The molecule has 0 spiro atoms. The fourth-order valence-electron chi connectivity index (χ4n) is 2.74. The Morgan fingerprint density at radius 1 is 1.33 bits per heavy atom. The van der Waals surface area contributed by atoms with Gasteiger partial charge in [-0.15, -0.1) is 24.0 Å². The van der Waals surface area contributed by atoms with E-state index in [-0.39, 0.29) is 36.2 Å². The Bertz CT molecular complexity index is 312. The molecule has 7 heteroatoms. The fourth-order valence-corrected chi connectivity index (χ4v) is 2.74. The first-order valence-electron chi connectivity index (χ1n) is 7.53. The van der Waals surface area contributed by atoms with Crippen molar-refractivity contribution in [2.75, 3.05) is 53.6 Å². The number of methoxy groups -OCH3 is 1. The summed E-state index contributed by atoms with van der Waals surface area (Å²) in [5, 5.41) is 3.38. The molecule has 21 heavy (non-hydrogen) atoms. The molecule has 0 radical (unpaired) electrons. The van der Waals surface area contributed by atoms with Gasteiger partial charge in [0.2, 0.25) is 0 Å². The smallest absolute Gasteiger partial charge is 0.193 e. The first-order chi connectivity index (χ1) is 9.85. The summed E-state index contributed by atoms with van der Waals surface area (Å²) in [4.78, 5) is 6.63. The molecule has 124 valence electrons. The van der Waals surface area contributed by atoms with Crippen molar-refractivity contribution in [3.05, 3.63) is 0 Å². The number of hydrogen-bond acceptors (Lipinski definition) is 4. The molecule has 2 aliphatic rings. The molecule has 0 bridgehead atoms. The SMILES string of the molecule is CN=C(NCCCOC)N1CCOC(C2CCCO2)C1.I. The van der Waals surface area contributed by atoms with Gasteiger partial charge in [0.15, 0.2) is 5.96 Å². The number of nitrogens with one attached hydrogen (secondary N) is 1. The molecule has 2 fully saturated rings. The fraction of sp³-hybridized carbons (Fsp3) is 0.929. The van der Waals surface area contributed by atoms with Crippen molar-refractivity contribution >= 4 is 29.9 Å². The zero-order valence-electron chi connectivity index (χ0n) is 13.0. The Morgan fingerprint density at radius 3 is 2.81 bits per heavy atom. The average molecular weight is 413 g/mol. The number of aliphatic imine (C=N–C) groups is 1. The van der Waals surface area contributed by atoms with Gasteiger partial charge in [-0.1, -0.05) is 0 Å². The number of morpholine rings is 1. The van der Waals surface area contributed by atoms with Gasteiger partial charge in [0.1, 0.15) is 6.10 Å². The second-order valence-corrected chi connectivity index (χ2v) is 5.23. The van der Waals surface area contributed by atoms with Crippen LogP contribution in [0.3, 0.4) is 0 Å². The number of rotatable bonds is 5. The lowest BCUT2D eigenvalue weighted by Crippen LogP contribution is -2.53. The van der Waals surface area contributed by atoms with Crippen LogP contribution in [0.15, 0.2) is 4.99 Å². The van der Waals surface area contributed by atoms with Gasteiger partial charge in [0, 0.05) is 47.0 Å². The second-order valence-electron chi connectivity index (χ2n) is 5.23. The third kappa shape index (κ3) is 5.88. The number of nitrogens with zero attached hydrogens (tertiary/aromatic N) is 2. The normalized spacial score (nSPS) is 26.6. The van der Waals surface area contributed by atoms with E-state index in [9.17, 15) is 0 Å². The number of ether oxygens (including phenoxy) is 3. The summed E-state index contributed by atoms with van der Waals surface area (Å²) in [5.74, 6) is 0.951. The molecule has 0 aromatic rings. The summed E-state index contributed by atoms with van der Waals surface area (Å²) >= 11 is 0. The van der Waals surface area contributed by atoms with E-state index < -0.39 is 0 Å². The van der Waals surface area contributed by atoms with Crippen molar-refractivity contribution in [3.8, 4) is 0 Å². The highest BCUT2D eigenvalue weighted by molar-refractivity contribution is 14.0. The quantitative estimate of drug-likeness (QED) is 0.317. The minimum Gasteiger partial charge on any atom is -0.385 e. The van der Waals surface area contributed by atoms with Crippen LogP contribution in [0.1, 0.15) is 19.3 Å². The third-order valence-corrected chi connectivity index (χ3v) is 3.79. The van der Waals surface area contributed by atoms with Crippen LogP contribution in [-0.4, -0.2) is 76.7 Å². The van der Waals surface area contributed by atoms with Gasteiger partial charge in [-0.25, -0.2) is 0 Å². The van der Waals surface area contributed by atoms with E-state index in [1.54, 1.807) is 7.11 Å². The minimum absolute atomic E-state index is 0. The molecular formula is C14H28IN3O3. The van der Waals surface area contributed by atoms with Crippen molar-refractivity contribution in [1.29, 1.82) is 0 Å². The molecule has 2 atom stereocenters. The molecule has 2 heterocycles. The van der Waals surface area contributed by atoms with Crippen LogP contribution in [0.5, 0.6) is 0 Å². The van der Waals surface area contributed by atoms with Crippen molar-refractivity contribution in [3.63, 3.8) is 0 Å². The van der Waals surface area contributed by atoms with E-state index in [4.69, 9.17) is 14.2 Å². The first-order valence-corrected chi connectivity index (χ1v) is 7.53. The molecule has 2 rings (SSSR count). The van der Waals surface area contributed by atoms with Gasteiger partial charge in [-0.3, -0.25) is 4.99 Å². The van der Waals surface area contributed by atoms with E-state index in [0.717, 1.165) is 64.7 Å². The lowest BCUT2D eigenvalue weighted by Gasteiger charge is -2.37. The Morgan fingerprint density at radius 2 is 2.14 bits per heavy atom.